The van der Waals surface area contributed by atoms with Gasteiger partial charge < -0.3 is 38.4 Å². The molecule has 0 atom stereocenters. The number of hydrogen-bond donors (Lipinski definition) is 2. The van der Waals surface area contributed by atoms with Crippen molar-refractivity contribution in [3.8, 4) is 44.5 Å². The number of fused-ring (bicyclic) bond motifs is 8. The third kappa shape index (κ3) is 16.6. The molecule has 5 aromatic carbocycles. The fraction of sp³-hybridized carbons (Fsp3) is 0.278. The molecule has 16 nitrogen and oxygen atoms in total. The normalized spacial score (nSPS) is 16.6. The predicted octanol–water partition coefficient (Wildman–Crippen LogP) is 20.5. The third-order valence-electron chi connectivity index (χ3n) is 21.4. The van der Waals surface area contributed by atoms with Crippen LogP contribution in [0.25, 0.3) is 97.0 Å². The second kappa shape index (κ2) is 33.7. The van der Waals surface area contributed by atoms with Crippen molar-refractivity contribution in [1.82, 2.24) is 19.9 Å². The van der Waals surface area contributed by atoms with E-state index in [4.69, 9.17) is 38.4 Å². The van der Waals surface area contributed by atoms with Crippen molar-refractivity contribution in [1.29, 1.82) is 0 Å². The fourth-order valence-electron chi connectivity index (χ4n) is 15.9. The number of allylic oxidation sites excluding steroid dienone is 13. The number of ether oxygens (including phenoxy) is 6. The first-order valence-corrected chi connectivity index (χ1v) is 39.0. The van der Waals surface area contributed by atoms with Gasteiger partial charge in [-0.25, -0.2) is 9.97 Å². The number of nitrogens with zero attached hydrogens (tertiary/aromatic N) is 2. The van der Waals surface area contributed by atoms with Crippen molar-refractivity contribution in [3.05, 3.63) is 278 Å². The predicted molar refractivity (Wildman–Crippen MR) is 447 cm³/mol. The highest BCUT2D eigenvalue weighted by atomic mass is 16.6. The summed E-state index contributed by atoms with van der Waals surface area (Å²) in [4.78, 5) is 107. The van der Waals surface area contributed by atoms with Crippen LogP contribution in [0.4, 0.5) is 0 Å². The van der Waals surface area contributed by atoms with Crippen molar-refractivity contribution in [2.75, 3.05) is 39.6 Å². The Balaban J connectivity index is 0.984. The van der Waals surface area contributed by atoms with Gasteiger partial charge in [-0.2, -0.15) is 0 Å². The van der Waals surface area contributed by atoms with E-state index in [1.165, 1.54) is 0 Å². The van der Waals surface area contributed by atoms with E-state index in [9.17, 15) is 28.8 Å². The maximum absolute atomic E-state index is 14.9. The van der Waals surface area contributed by atoms with E-state index in [-0.39, 0.29) is 78.2 Å². The molecule has 13 rings (SSSR count). The summed E-state index contributed by atoms with van der Waals surface area (Å²) in [6.45, 7) is 20.3. The minimum atomic E-state index is -1.95. The number of hydrogen-bond acceptors (Lipinski definition) is 14. The molecule has 2 N–H and O–H groups in total. The number of rotatable bonds is 22. The zero-order valence-corrected chi connectivity index (χ0v) is 66.1. The van der Waals surface area contributed by atoms with Crippen LogP contribution in [-0.4, -0.2) is 95.4 Å². The van der Waals surface area contributed by atoms with Gasteiger partial charge in [0.15, 0.2) is 16.2 Å². The lowest BCUT2D eigenvalue weighted by Gasteiger charge is -2.36. The first-order valence-electron chi connectivity index (χ1n) is 39.0. The van der Waals surface area contributed by atoms with Crippen LogP contribution in [0.15, 0.2) is 228 Å². The highest BCUT2D eigenvalue weighted by Gasteiger charge is 2.55. The van der Waals surface area contributed by atoms with Crippen LogP contribution in [0, 0.1) is 37.0 Å². The summed E-state index contributed by atoms with van der Waals surface area (Å²) in [7, 11) is 0. The van der Waals surface area contributed by atoms with Crippen molar-refractivity contribution >= 4 is 88.3 Å². The van der Waals surface area contributed by atoms with Crippen molar-refractivity contribution in [2.45, 2.75) is 120 Å². The Kier molecular flexibility index (Phi) is 23.5. The van der Waals surface area contributed by atoms with Gasteiger partial charge >= 0.3 is 35.8 Å². The zero-order valence-electron chi connectivity index (χ0n) is 66.1. The molecule has 0 radical (unpaired) electrons. The second-order valence-electron chi connectivity index (χ2n) is 30.1. The van der Waals surface area contributed by atoms with E-state index in [1.54, 1.807) is 53.7 Å². The highest BCUT2D eigenvalue weighted by molar-refractivity contribution is 6.05. The number of aromatic amines is 2. The van der Waals surface area contributed by atoms with Crippen LogP contribution in [0.5, 0.6) is 0 Å². The minimum Gasteiger partial charge on any atom is -0.465 e. The molecule has 5 aliphatic rings. The van der Waals surface area contributed by atoms with Crippen molar-refractivity contribution < 1.29 is 57.2 Å². The lowest BCUT2D eigenvalue weighted by atomic mass is 9.68. The molecule has 0 fully saturated rings. The zero-order chi connectivity index (χ0) is 79.8. The smallest absolute Gasteiger partial charge is 0.324 e. The molecule has 8 bridgehead atoms. The maximum atomic E-state index is 14.9. The van der Waals surface area contributed by atoms with Crippen LogP contribution in [0.1, 0.15) is 145 Å². The molecule has 5 heterocycles. The molecular formula is C97H96N4O12. The fourth-order valence-corrected chi connectivity index (χ4v) is 15.9. The number of esters is 6. The Labute approximate surface area is 660 Å². The van der Waals surface area contributed by atoms with Crippen LogP contribution in [0.2, 0.25) is 0 Å². The van der Waals surface area contributed by atoms with Crippen LogP contribution < -0.4 is 0 Å². The SMILES string of the molecule is CCOC(=O)C1(C(=O)OCC)CC(/C=C/C(C)(C)c2ccccc2)=CC(=C\C2=CC(=C/C3=CC(=C/c4ccc(-c5c6nc(c(-c7ccc(C)cc7)c7ccc([nH]7)c(-c7ccc(C)cc7)c7nc(c(-c8ccc(C)cc8)c8ccc5[nH]8)C=C7)C=C6)cc4)/CC(C(=O)OCC)(C(=O)OCC)C3)/CC(C(=O)OCC)(C(=O)OCC)C2)/C1. The second-order valence-corrected chi connectivity index (χ2v) is 30.1. The van der Waals surface area contributed by atoms with Gasteiger partial charge in [-0.05, 0) is 216 Å². The largest absolute Gasteiger partial charge is 0.465 e. The van der Waals surface area contributed by atoms with Gasteiger partial charge in [0.2, 0.25) is 0 Å². The van der Waals surface area contributed by atoms with E-state index in [1.807, 2.05) is 91.1 Å². The lowest BCUT2D eigenvalue weighted by Crippen LogP contribution is -2.45. The van der Waals surface area contributed by atoms with Crippen molar-refractivity contribution in [3.63, 3.8) is 0 Å². The Morgan fingerprint density at radius 1 is 0.363 bits per heavy atom. The van der Waals surface area contributed by atoms with Gasteiger partial charge in [-0.3, -0.25) is 28.8 Å². The van der Waals surface area contributed by atoms with Gasteiger partial charge in [-0.1, -0.05) is 207 Å². The molecule has 2 aliphatic heterocycles. The molecule has 16 heteroatoms. The van der Waals surface area contributed by atoms with Crippen molar-refractivity contribution in [2.24, 2.45) is 16.2 Å². The summed E-state index contributed by atoms with van der Waals surface area (Å²) in [6, 6.07) is 52.0. The topological polar surface area (TPSA) is 215 Å². The molecule has 0 unspecified atom stereocenters. The maximum Gasteiger partial charge on any atom is 0.324 e. The van der Waals surface area contributed by atoms with E-state index >= 15 is 0 Å². The summed E-state index contributed by atoms with van der Waals surface area (Å²) >= 11 is 0. The van der Waals surface area contributed by atoms with Gasteiger partial charge in [0.1, 0.15) is 0 Å². The first-order chi connectivity index (χ1) is 54.5. The quantitative estimate of drug-likeness (QED) is 0.0367. The number of nitrogens with one attached hydrogen (secondary N) is 2. The Morgan fingerprint density at radius 3 is 0.956 bits per heavy atom. The van der Waals surface area contributed by atoms with E-state index in [0.717, 1.165) is 111 Å². The average molecular weight is 1510 g/mol. The molecule has 113 heavy (non-hydrogen) atoms. The number of aryl methyl sites for hydroxylation is 3. The Bertz CT molecular complexity index is 5420. The standard InChI is InChI=1S/C97H96N4O12/c1-12-108-88(102)95(89(103)109-13-2)55-65(47-48-94(10,11)75-21-19-18-20-22-75)50-67(57-95)52-69-54-70(60-97(59-69,92(106)112-16-5)93(107)113-17-6)53-68-51-66(56-96(58-68,90(104)110-14-3)91(105)111-15-4)49-64-29-37-74(38-30-64)87-82-45-43-80(100-82)85(72-33-25-62(8)26-34-72)78-41-39-76(98-78)84(71-31-23-61(7)24-32-71)77-40-42-79(99-77)86(81-44-46-83(87)101-81)73-35-27-63(9)28-36-73/h18-54,98,101H,12-17,55-60H2,1-11H3/b48-47+,66-49-,67-52+,70-53-,84-76?,84-77?,85-78?,85-80?,86-79?,86-81?,87-82?,87-83?. The highest BCUT2D eigenvalue weighted by Crippen LogP contribution is 2.49. The van der Waals surface area contributed by atoms with Gasteiger partial charge in [0, 0.05) is 49.7 Å². The van der Waals surface area contributed by atoms with Gasteiger partial charge in [-0.15, -0.1) is 0 Å². The van der Waals surface area contributed by atoms with Crippen LogP contribution in [0.3, 0.4) is 0 Å². The molecule has 0 spiro atoms. The van der Waals surface area contributed by atoms with E-state index in [2.05, 4.69) is 166 Å². The summed E-state index contributed by atoms with van der Waals surface area (Å²) in [5.41, 5.74) is 16.1. The third-order valence-corrected chi connectivity index (χ3v) is 21.4. The number of H-pyrrole nitrogens is 2. The van der Waals surface area contributed by atoms with E-state index < -0.39 is 57.5 Å². The monoisotopic (exact) mass is 1510 g/mol. The number of aromatic nitrogens is 4. The molecule has 3 aliphatic carbocycles. The van der Waals surface area contributed by atoms with Crippen LogP contribution in [-0.2, 0) is 62.6 Å². The van der Waals surface area contributed by atoms with E-state index in [0.29, 0.717) is 39.1 Å². The molecular weight excluding hydrogens is 1410 g/mol. The molecule has 0 saturated heterocycles. The average Bonchev–Trinajstić information content (AvgIpc) is 1.75. The Morgan fingerprint density at radius 2 is 0.646 bits per heavy atom. The molecule has 3 aromatic heterocycles. The van der Waals surface area contributed by atoms with Gasteiger partial charge in [0.25, 0.3) is 0 Å². The van der Waals surface area contributed by atoms with Gasteiger partial charge in [0.05, 0.1) is 62.4 Å². The number of carbonyl (C=O) groups excluding carboxylic acids is 6. The molecule has 8 aromatic rings. The summed E-state index contributed by atoms with van der Waals surface area (Å²) in [5, 5.41) is 0. The lowest BCUT2D eigenvalue weighted by molar-refractivity contribution is -0.173. The summed E-state index contributed by atoms with van der Waals surface area (Å²) in [5.74, 6) is -4.70. The number of benzene rings is 5. The minimum absolute atomic E-state index is 0.000202. The number of carbonyl (C=O) groups is 6. The molecule has 576 valence electrons. The summed E-state index contributed by atoms with van der Waals surface area (Å²) < 4.78 is 34.7. The van der Waals surface area contributed by atoms with Crippen LogP contribution >= 0.6 is 0 Å². The molecule has 0 saturated carbocycles. The first kappa shape index (κ1) is 78.8. The summed E-state index contributed by atoms with van der Waals surface area (Å²) in [6.07, 6.45) is 22.6. The molecule has 0 amide bonds. The Hall–Kier alpha value is -12.3.